The monoisotopic (exact) mass is 537 g/mol. The predicted octanol–water partition coefficient (Wildman–Crippen LogP) is 4.60. The van der Waals surface area contributed by atoms with Crippen LogP contribution in [0.25, 0.3) is 10.9 Å². The molecular formula is C27H28ClN5O5. The van der Waals surface area contributed by atoms with Gasteiger partial charge in [-0.05, 0) is 44.0 Å². The van der Waals surface area contributed by atoms with Crippen LogP contribution in [0.4, 0.5) is 11.5 Å². The zero-order chi connectivity index (χ0) is 26.5. The van der Waals surface area contributed by atoms with Crippen LogP contribution in [0, 0.1) is 12.8 Å². The minimum Gasteiger partial charge on any atom is -0.492 e. The van der Waals surface area contributed by atoms with Crippen molar-refractivity contribution in [3.8, 4) is 11.5 Å². The normalized spacial score (nSPS) is 16.3. The van der Waals surface area contributed by atoms with E-state index in [2.05, 4.69) is 20.4 Å². The van der Waals surface area contributed by atoms with Crippen molar-refractivity contribution >= 4 is 39.9 Å². The summed E-state index contributed by atoms with van der Waals surface area (Å²) in [5.41, 5.74) is 1.16. The van der Waals surface area contributed by atoms with Gasteiger partial charge in [0, 0.05) is 36.8 Å². The summed E-state index contributed by atoms with van der Waals surface area (Å²) in [4.78, 5) is 22.5. The molecule has 1 fully saturated rings. The van der Waals surface area contributed by atoms with Crippen LogP contribution in [0.2, 0.25) is 0 Å². The van der Waals surface area contributed by atoms with E-state index in [0.29, 0.717) is 48.5 Å². The second-order valence-electron chi connectivity index (χ2n) is 9.14. The molecule has 198 valence electrons. The van der Waals surface area contributed by atoms with Gasteiger partial charge < -0.3 is 29.3 Å². The minimum absolute atomic E-state index is 0.168. The third kappa shape index (κ3) is 5.98. The highest BCUT2D eigenvalue weighted by Gasteiger charge is 2.24. The maximum atomic E-state index is 11.9. The number of nitrogens with zero attached hydrogens (tertiary/aromatic N) is 4. The number of aryl methyl sites for hydroxylation is 1. The van der Waals surface area contributed by atoms with Crippen molar-refractivity contribution in [3.05, 3.63) is 66.3 Å². The molecule has 5 rings (SSSR count). The van der Waals surface area contributed by atoms with Crippen LogP contribution in [-0.4, -0.2) is 57.3 Å². The maximum absolute atomic E-state index is 11.9. The van der Waals surface area contributed by atoms with Gasteiger partial charge in [0.15, 0.2) is 0 Å². The molecule has 0 spiro atoms. The number of fused-ring (bicyclic) bond motifs is 1. The first-order valence-corrected chi connectivity index (χ1v) is 12.8. The van der Waals surface area contributed by atoms with Gasteiger partial charge in [0.05, 0.1) is 17.5 Å². The highest BCUT2D eigenvalue weighted by molar-refractivity contribution is 6.19. The highest BCUT2D eigenvalue weighted by atomic mass is 35.5. The van der Waals surface area contributed by atoms with Crippen LogP contribution in [0.1, 0.15) is 29.9 Å². The topological polar surface area (TPSA) is 123 Å². The van der Waals surface area contributed by atoms with Gasteiger partial charge in [-0.1, -0.05) is 28.9 Å². The molecule has 1 aliphatic rings. The SMILES string of the molecule is Cc1cc(C(Cl)Oc2cccc(Nc3ncnc4cccc(OC[C@@H]5CCCN(C(=O)CO)C5)c34)c2)no1. The molecule has 1 aliphatic heterocycles. The number of carbonyl (C=O) groups excluding carboxylic acids is 1. The predicted molar refractivity (Wildman–Crippen MR) is 142 cm³/mol. The molecule has 2 aromatic heterocycles. The molecule has 0 radical (unpaired) electrons. The summed E-state index contributed by atoms with van der Waals surface area (Å²) in [5.74, 6) is 2.34. The lowest BCUT2D eigenvalue weighted by atomic mass is 9.99. The van der Waals surface area contributed by atoms with E-state index in [9.17, 15) is 9.90 Å². The Kier molecular flexibility index (Phi) is 7.90. The van der Waals surface area contributed by atoms with E-state index >= 15 is 0 Å². The van der Waals surface area contributed by atoms with Gasteiger partial charge >= 0.3 is 0 Å². The van der Waals surface area contributed by atoms with Crippen molar-refractivity contribution in [2.75, 3.05) is 31.6 Å². The number of ether oxygens (including phenoxy) is 2. The molecule has 3 heterocycles. The third-order valence-electron chi connectivity index (χ3n) is 6.32. The molecule has 0 aliphatic carbocycles. The molecule has 11 heteroatoms. The number of aliphatic hydroxyl groups excluding tert-OH is 1. The third-order valence-corrected chi connectivity index (χ3v) is 6.63. The van der Waals surface area contributed by atoms with E-state index in [-0.39, 0.29) is 11.8 Å². The zero-order valence-corrected chi connectivity index (χ0v) is 21.6. The summed E-state index contributed by atoms with van der Waals surface area (Å²) in [5, 5.41) is 17.2. The number of hydrogen-bond acceptors (Lipinski definition) is 9. The lowest BCUT2D eigenvalue weighted by Gasteiger charge is -2.32. The summed E-state index contributed by atoms with van der Waals surface area (Å²) in [6.45, 7) is 2.98. The van der Waals surface area contributed by atoms with Gasteiger partial charge in [0.1, 0.15) is 41.7 Å². The van der Waals surface area contributed by atoms with Crippen molar-refractivity contribution in [3.63, 3.8) is 0 Å². The van der Waals surface area contributed by atoms with Crippen molar-refractivity contribution in [1.29, 1.82) is 0 Å². The number of benzene rings is 2. The van der Waals surface area contributed by atoms with E-state index in [1.165, 1.54) is 6.33 Å². The zero-order valence-electron chi connectivity index (χ0n) is 20.8. The molecule has 2 aromatic carbocycles. The molecule has 1 saturated heterocycles. The maximum Gasteiger partial charge on any atom is 0.248 e. The largest absolute Gasteiger partial charge is 0.492 e. The van der Waals surface area contributed by atoms with Gasteiger partial charge in [-0.15, -0.1) is 0 Å². The summed E-state index contributed by atoms with van der Waals surface area (Å²) in [7, 11) is 0. The fourth-order valence-electron chi connectivity index (χ4n) is 4.49. The van der Waals surface area contributed by atoms with Gasteiger partial charge in [-0.25, -0.2) is 9.97 Å². The molecule has 4 aromatic rings. The molecule has 38 heavy (non-hydrogen) atoms. The Morgan fingerprint density at radius 1 is 1.26 bits per heavy atom. The number of amides is 1. The quantitative estimate of drug-likeness (QED) is 0.295. The van der Waals surface area contributed by atoms with E-state index in [1.807, 2.05) is 36.4 Å². The Bertz CT molecular complexity index is 1410. The Balaban J connectivity index is 1.32. The summed E-state index contributed by atoms with van der Waals surface area (Å²) < 4.78 is 17.2. The van der Waals surface area contributed by atoms with E-state index in [0.717, 1.165) is 29.4 Å². The first-order valence-electron chi connectivity index (χ1n) is 12.4. The second-order valence-corrected chi connectivity index (χ2v) is 9.54. The van der Waals surface area contributed by atoms with Crippen LogP contribution >= 0.6 is 11.6 Å². The Morgan fingerprint density at radius 2 is 2.13 bits per heavy atom. The first kappa shape index (κ1) is 25.7. The van der Waals surface area contributed by atoms with Crippen LogP contribution < -0.4 is 14.8 Å². The Hall–Kier alpha value is -3.89. The number of piperidine rings is 1. The fraction of sp³-hybridized carbons (Fsp3) is 0.333. The second kappa shape index (κ2) is 11.7. The van der Waals surface area contributed by atoms with Gasteiger partial charge in [0.25, 0.3) is 0 Å². The molecule has 1 unspecified atom stereocenters. The van der Waals surface area contributed by atoms with Crippen molar-refractivity contribution in [2.24, 2.45) is 5.92 Å². The molecule has 2 N–H and O–H groups in total. The number of likely N-dealkylation sites (tertiary alicyclic amines) is 1. The number of carbonyl (C=O) groups is 1. The van der Waals surface area contributed by atoms with Gasteiger partial charge in [-0.3, -0.25) is 4.79 Å². The van der Waals surface area contributed by atoms with E-state index in [1.54, 1.807) is 24.0 Å². The molecular weight excluding hydrogens is 510 g/mol. The first-order chi connectivity index (χ1) is 18.5. The number of hydrogen-bond donors (Lipinski definition) is 2. The van der Waals surface area contributed by atoms with Gasteiger partial charge in [-0.2, -0.15) is 0 Å². The number of aliphatic hydroxyl groups is 1. The summed E-state index contributed by atoms with van der Waals surface area (Å²) >= 11 is 6.36. The van der Waals surface area contributed by atoms with Crippen LogP contribution in [-0.2, 0) is 4.79 Å². The number of aromatic nitrogens is 3. The lowest BCUT2D eigenvalue weighted by Crippen LogP contribution is -2.42. The van der Waals surface area contributed by atoms with Crippen molar-refractivity contribution < 1.29 is 23.9 Å². The average molecular weight is 538 g/mol. The average Bonchev–Trinajstić information content (AvgIpc) is 3.38. The van der Waals surface area contributed by atoms with Crippen LogP contribution in [0.15, 0.2) is 59.4 Å². The standard InChI is InChI=1S/C27H28ClN5O5/c1-17-11-22(32-38-17)26(28)37-20-7-2-6-19(12-20)31-27-25-21(29-16-30-27)8-3-9-23(25)36-15-18-5-4-10-33(13-18)24(35)14-34/h2-3,6-9,11-12,16,18,26,34H,4-5,10,13-15H2,1H3,(H,29,30,31)/t18-,26?/m1/s1. The number of anilines is 2. The van der Waals surface area contributed by atoms with E-state index in [4.69, 9.17) is 25.6 Å². The summed E-state index contributed by atoms with van der Waals surface area (Å²) in [6, 6.07) is 14.7. The van der Waals surface area contributed by atoms with E-state index < -0.39 is 12.2 Å². The number of halogens is 1. The highest BCUT2D eigenvalue weighted by Crippen LogP contribution is 2.34. The molecule has 0 saturated carbocycles. The van der Waals surface area contributed by atoms with Crippen LogP contribution in [0.3, 0.4) is 0 Å². The molecule has 1 amide bonds. The minimum atomic E-state index is -0.800. The molecule has 10 nitrogen and oxygen atoms in total. The molecule has 0 bridgehead atoms. The lowest BCUT2D eigenvalue weighted by molar-refractivity contribution is -0.136. The number of rotatable bonds is 9. The van der Waals surface area contributed by atoms with Crippen LogP contribution in [0.5, 0.6) is 11.5 Å². The van der Waals surface area contributed by atoms with Gasteiger partial charge in [0.2, 0.25) is 11.5 Å². The Labute approximate surface area is 224 Å². The molecule has 2 atom stereocenters. The summed E-state index contributed by atoms with van der Waals surface area (Å²) in [6.07, 6.45) is 3.32. The number of nitrogens with one attached hydrogen (secondary N) is 1. The smallest absolute Gasteiger partial charge is 0.248 e. The van der Waals surface area contributed by atoms with Crippen molar-refractivity contribution in [1.82, 2.24) is 20.0 Å². The number of alkyl halides is 1. The van der Waals surface area contributed by atoms with Crippen molar-refractivity contribution in [2.45, 2.75) is 25.3 Å². The fourth-order valence-corrected chi connectivity index (χ4v) is 4.69. The Morgan fingerprint density at radius 3 is 2.95 bits per heavy atom.